The molecule has 1 aromatic carbocycles. The van der Waals surface area contributed by atoms with Crippen LogP contribution in [0.4, 0.5) is 4.79 Å². The molecule has 0 saturated carbocycles. The molecule has 0 aromatic heterocycles. The number of nitrogens with one attached hydrogen (secondary N) is 3. The van der Waals surface area contributed by atoms with Gasteiger partial charge in [-0.2, -0.15) is 0 Å². The van der Waals surface area contributed by atoms with Crippen LogP contribution in [0.2, 0.25) is 0 Å². The maximum Gasteiger partial charge on any atom is 0.404 e. The van der Waals surface area contributed by atoms with Crippen molar-refractivity contribution < 1.29 is 33.8 Å². The topological polar surface area (TPSA) is 154 Å². The summed E-state index contributed by atoms with van der Waals surface area (Å²) >= 11 is 0. The molecule has 1 atom stereocenters. The van der Waals surface area contributed by atoms with Crippen molar-refractivity contribution in [1.82, 2.24) is 20.9 Å². The van der Waals surface area contributed by atoms with Crippen molar-refractivity contribution in [2.24, 2.45) is 0 Å². The zero-order chi connectivity index (χ0) is 23.8. The number of ether oxygens (including phenoxy) is 1. The highest BCUT2D eigenvalue weighted by Crippen LogP contribution is 2.33. The average Bonchev–Trinajstić information content (AvgIpc) is 3.10. The molecule has 2 aliphatic rings. The predicted molar refractivity (Wildman–Crippen MR) is 115 cm³/mol. The van der Waals surface area contributed by atoms with Crippen LogP contribution in [0.5, 0.6) is 5.75 Å². The monoisotopic (exact) mass is 460 g/mol. The SMILES string of the molecule is O=C(O)NCCCCCCNC(=O)COc1cccc2c1C(=O)N(C1CCC(=O)NC1=O)C2. The van der Waals surface area contributed by atoms with Crippen molar-refractivity contribution in [1.29, 1.82) is 0 Å². The van der Waals surface area contributed by atoms with Gasteiger partial charge in [-0.3, -0.25) is 24.5 Å². The first kappa shape index (κ1) is 24.0. The number of amides is 5. The number of carbonyl (C=O) groups excluding carboxylic acids is 4. The Balaban J connectivity index is 1.44. The van der Waals surface area contributed by atoms with Crippen LogP contribution in [-0.2, 0) is 20.9 Å². The maximum atomic E-state index is 13.0. The Kier molecular flexibility index (Phi) is 8.22. The highest BCUT2D eigenvalue weighted by molar-refractivity contribution is 6.06. The van der Waals surface area contributed by atoms with E-state index in [-0.39, 0.29) is 49.5 Å². The van der Waals surface area contributed by atoms with Gasteiger partial charge >= 0.3 is 6.09 Å². The van der Waals surface area contributed by atoms with E-state index in [1.165, 1.54) is 4.90 Å². The van der Waals surface area contributed by atoms with Crippen LogP contribution in [0.1, 0.15) is 54.4 Å². The number of carbonyl (C=O) groups is 5. The van der Waals surface area contributed by atoms with Gasteiger partial charge in [0.25, 0.3) is 11.8 Å². The van der Waals surface area contributed by atoms with E-state index < -0.39 is 18.0 Å². The first-order valence-corrected chi connectivity index (χ1v) is 11.0. The van der Waals surface area contributed by atoms with Crippen LogP contribution in [0.15, 0.2) is 18.2 Å². The lowest BCUT2D eigenvalue weighted by molar-refractivity contribution is -0.137. The van der Waals surface area contributed by atoms with Gasteiger partial charge in [0.1, 0.15) is 11.8 Å². The Morgan fingerprint density at radius 1 is 1.09 bits per heavy atom. The Morgan fingerprint density at radius 3 is 2.52 bits per heavy atom. The van der Waals surface area contributed by atoms with Gasteiger partial charge in [-0.25, -0.2) is 4.79 Å². The minimum atomic E-state index is -1.03. The largest absolute Gasteiger partial charge is 0.483 e. The normalized spacial score (nSPS) is 17.4. The fraction of sp³-hybridized carbons (Fsp3) is 0.500. The van der Waals surface area contributed by atoms with Crippen LogP contribution in [0, 0.1) is 0 Å². The van der Waals surface area contributed by atoms with Gasteiger partial charge in [0.05, 0.1) is 5.56 Å². The molecule has 1 aromatic rings. The number of fused-ring (bicyclic) bond motifs is 1. The second-order valence-corrected chi connectivity index (χ2v) is 7.97. The van der Waals surface area contributed by atoms with Gasteiger partial charge in [-0.05, 0) is 30.9 Å². The summed E-state index contributed by atoms with van der Waals surface area (Å²) in [7, 11) is 0. The fourth-order valence-corrected chi connectivity index (χ4v) is 3.92. The lowest BCUT2D eigenvalue weighted by Gasteiger charge is -2.29. The minimum absolute atomic E-state index is 0.180. The number of carboxylic acid groups (broad SMARTS) is 1. The minimum Gasteiger partial charge on any atom is -0.483 e. The van der Waals surface area contributed by atoms with Crippen molar-refractivity contribution in [3.05, 3.63) is 29.3 Å². The van der Waals surface area contributed by atoms with Crippen molar-refractivity contribution in [3.8, 4) is 5.75 Å². The quantitative estimate of drug-likeness (QED) is 0.281. The summed E-state index contributed by atoms with van der Waals surface area (Å²) in [6, 6.07) is 4.41. The lowest BCUT2D eigenvalue weighted by atomic mass is 10.0. The van der Waals surface area contributed by atoms with Gasteiger partial charge in [0.15, 0.2) is 6.61 Å². The van der Waals surface area contributed by atoms with Crippen molar-refractivity contribution >= 4 is 29.7 Å². The molecule has 0 bridgehead atoms. The van der Waals surface area contributed by atoms with E-state index in [1.54, 1.807) is 18.2 Å². The van der Waals surface area contributed by atoms with E-state index in [1.807, 2.05) is 0 Å². The van der Waals surface area contributed by atoms with E-state index in [4.69, 9.17) is 9.84 Å². The molecule has 0 radical (unpaired) electrons. The van der Waals surface area contributed by atoms with E-state index in [2.05, 4.69) is 16.0 Å². The Hall–Kier alpha value is -3.63. The Morgan fingerprint density at radius 2 is 1.82 bits per heavy atom. The van der Waals surface area contributed by atoms with Gasteiger partial charge in [0, 0.05) is 26.1 Å². The van der Waals surface area contributed by atoms with E-state index in [0.717, 1.165) is 25.7 Å². The molecular weight excluding hydrogens is 432 g/mol. The Bertz CT molecular complexity index is 933. The highest BCUT2D eigenvalue weighted by Gasteiger charge is 2.40. The van der Waals surface area contributed by atoms with Crippen molar-refractivity contribution in [2.75, 3.05) is 19.7 Å². The van der Waals surface area contributed by atoms with Crippen LogP contribution < -0.4 is 20.7 Å². The molecule has 0 spiro atoms. The smallest absolute Gasteiger partial charge is 0.404 e. The summed E-state index contributed by atoms with van der Waals surface area (Å²) in [5, 5.41) is 15.8. The zero-order valence-electron chi connectivity index (χ0n) is 18.2. The molecule has 11 nitrogen and oxygen atoms in total. The zero-order valence-corrected chi connectivity index (χ0v) is 18.2. The van der Waals surface area contributed by atoms with Crippen molar-refractivity contribution in [2.45, 2.75) is 51.1 Å². The van der Waals surface area contributed by atoms with Gasteiger partial charge < -0.3 is 25.4 Å². The average molecular weight is 460 g/mol. The second kappa shape index (κ2) is 11.3. The first-order valence-electron chi connectivity index (χ1n) is 11.0. The number of benzene rings is 1. The van der Waals surface area contributed by atoms with Crippen molar-refractivity contribution in [3.63, 3.8) is 0 Å². The van der Waals surface area contributed by atoms with Crippen LogP contribution >= 0.6 is 0 Å². The van der Waals surface area contributed by atoms with Gasteiger partial charge in [0.2, 0.25) is 11.8 Å². The third-order valence-corrected chi connectivity index (χ3v) is 5.57. The summed E-state index contributed by atoms with van der Waals surface area (Å²) in [5.41, 5.74) is 1.05. The summed E-state index contributed by atoms with van der Waals surface area (Å²) in [6.07, 6.45) is 2.65. The molecule has 33 heavy (non-hydrogen) atoms. The maximum absolute atomic E-state index is 13.0. The molecule has 3 rings (SSSR count). The molecule has 5 amide bonds. The molecule has 178 valence electrons. The second-order valence-electron chi connectivity index (χ2n) is 7.97. The summed E-state index contributed by atoms with van der Waals surface area (Å²) in [4.78, 5) is 60.4. The highest BCUT2D eigenvalue weighted by atomic mass is 16.5. The lowest BCUT2D eigenvalue weighted by Crippen LogP contribution is -2.52. The third-order valence-electron chi connectivity index (χ3n) is 5.57. The molecule has 11 heteroatoms. The van der Waals surface area contributed by atoms with E-state index in [0.29, 0.717) is 24.2 Å². The summed E-state index contributed by atoms with van der Waals surface area (Å²) in [6.45, 7) is 0.886. The molecule has 2 heterocycles. The third kappa shape index (κ3) is 6.43. The predicted octanol–water partition coefficient (Wildman–Crippen LogP) is 0.771. The number of piperidine rings is 1. The molecule has 1 unspecified atom stereocenters. The summed E-state index contributed by atoms with van der Waals surface area (Å²) in [5.74, 6) is -1.20. The molecular formula is C22H28N4O7. The molecule has 4 N–H and O–H groups in total. The molecule has 1 fully saturated rings. The van der Waals surface area contributed by atoms with E-state index >= 15 is 0 Å². The number of unbranched alkanes of at least 4 members (excludes halogenated alkanes) is 3. The fourth-order valence-electron chi connectivity index (χ4n) is 3.92. The van der Waals surface area contributed by atoms with Gasteiger partial charge in [-0.1, -0.05) is 25.0 Å². The number of imide groups is 1. The molecule has 2 aliphatic heterocycles. The van der Waals surface area contributed by atoms with Crippen LogP contribution in [-0.4, -0.2) is 65.5 Å². The number of hydrogen-bond donors (Lipinski definition) is 4. The molecule has 0 aliphatic carbocycles. The molecule has 1 saturated heterocycles. The Labute approximate surface area is 190 Å². The van der Waals surface area contributed by atoms with Crippen LogP contribution in [0.25, 0.3) is 0 Å². The van der Waals surface area contributed by atoms with Crippen LogP contribution in [0.3, 0.4) is 0 Å². The number of rotatable bonds is 11. The summed E-state index contributed by atoms with van der Waals surface area (Å²) < 4.78 is 5.62. The van der Waals surface area contributed by atoms with Gasteiger partial charge in [-0.15, -0.1) is 0 Å². The first-order chi connectivity index (χ1) is 15.9. The number of nitrogens with zero attached hydrogens (tertiary/aromatic N) is 1. The van der Waals surface area contributed by atoms with E-state index in [9.17, 15) is 24.0 Å². The number of hydrogen-bond acceptors (Lipinski definition) is 6. The standard InChI is InChI=1S/C22H28N4O7/c27-17-9-8-15(20(29)25-17)26-12-14-6-5-7-16(19(14)21(26)30)33-13-18(28)23-10-3-1-2-4-11-24-22(31)32/h5-7,15,24H,1-4,8-13H2,(H,23,28)(H,31,32)(H,25,27,29).